The molecule has 0 aliphatic rings. The van der Waals surface area contributed by atoms with Crippen LogP contribution in [-0.2, 0) is 11.2 Å². The van der Waals surface area contributed by atoms with Crippen molar-refractivity contribution in [2.75, 3.05) is 6.61 Å². The van der Waals surface area contributed by atoms with Gasteiger partial charge in [0.2, 0.25) is 0 Å². The van der Waals surface area contributed by atoms with Crippen LogP contribution in [0.5, 0.6) is 5.75 Å². The summed E-state index contributed by atoms with van der Waals surface area (Å²) in [4.78, 5) is 12.5. The zero-order chi connectivity index (χ0) is 32.0. The Morgan fingerprint density at radius 2 is 1.02 bits per heavy atom. The second-order valence-corrected chi connectivity index (χ2v) is 12.8. The smallest absolute Gasteiger partial charge is 0.343 e. The molecular weight excluding hydrogens is 552 g/mol. The molecule has 0 N–H and O–H groups in total. The van der Waals surface area contributed by atoms with Crippen molar-refractivity contribution in [2.45, 2.75) is 142 Å². The van der Waals surface area contributed by atoms with Crippen molar-refractivity contribution in [2.24, 2.45) is 0 Å². The first-order valence-electron chi connectivity index (χ1n) is 18.2. The summed E-state index contributed by atoms with van der Waals surface area (Å²) in [6.07, 6.45) is 24.4. The number of carbonyl (C=O) groups excluding carboxylic acids is 1. The van der Waals surface area contributed by atoms with E-state index in [2.05, 4.69) is 45.0 Å². The zero-order valence-corrected chi connectivity index (χ0v) is 28.7. The number of carbonyl (C=O) groups is 1. The lowest BCUT2D eigenvalue weighted by molar-refractivity contribution is 0.0627. The molecule has 1 unspecified atom stereocenters. The number of ether oxygens (including phenoxy) is 2. The number of aryl methyl sites for hydroxylation is 1. The van der Waals surface area contributed by atoms with Gasteiger partial charge in [0, 0.05) is 6.61 Å². The van der Waals surface area contributed by atoms with Gasteiger partial charge in [0.1, 0.15) is 5.75 Å². The van der Waals surface area contributed by atoms with E-state index in [1.165, 1.54) is 107 Å². The van der Waals surface area contributed by atoms with Gasteiger partial charge < -0.3 is 9.47 Å². The molecule has 3 rings (SSSR count). The molecule has 0 radical (unpaired) electrons. The van der Waals surface area contributed by atoms with E-state index in [1.54, 1.807) is 0 Å². The summed E-state index contributed by atoms with van der Waals surface area (Å²) in [5, 5.41) is 0. The molecule has 0 bridgehead atoms. The van der Waals surface area contributed by atoms with E-state index >= 15 is 0 Å². The van der Waals surface area contributed by atoms with Crippen molar-refractivity contribution in [1.82, 2.24) is 0 Å². The number of unbranched alkanes of at least 4 members (excludes halogenated alkanes) is 15. The Labute approximate surface area is 275 Å². The maximum atomic E-state index is 12.5. The van der Waals surface area contributed by atoms with Gasteiger partial charge in [0.15, 0.2) is 0 Å². The second-order valence-electron chi connectivity index (χ2n) is 12.8. The van der Waals surface area contributed by atoms with E-state index in [4.69, 9.17) is 9.47 Å². The number of rotatable bonds is 24. The van der Waals surface area contributed by atoms with Crippen molar-refractivity contribution in [3.05, 3.63) is 89.5 Å². The summed E-state index contributed by atoms with van der Waals surface area (Å²) in [6.45, 7) is 7.41. The summed E-state index contributed by atoms with van der Waals surface area (Å²) in [5.41, 5.74) is 5.23. The summed E-state index contributed by atoms with van der Waals surface area (Å²) in [6, 6.07) is 24.0. The molecule has 0 fully saturated rings. The van der Waals surface area contributed by atoms with E-state index in [0.717, 1.165) is 37.0 Å². The molecule has 0 spiro atoms. The highest BCUT2D eigenvalue weighted by Crippen LogP contribution is 2.26. The molecule has 3 aromatic rings. The van der Waals surface area contributed by atoms with Crippen LogP contribution >= 0.6 is 0 Å². The van der Waals surface area contributed by atoms with E-state index in [-0.39, 0.29) is 12.1 Å². The molecule has 0 aromatic heterocycles. The van der Waals surface area contributed by atoms with Crippen LogP contribution in [0.2, 0.25) is 0 Å². The fourth-order valence-electron chi connectivity index (χ4n) is 5.93. The lowest BCUT2D eigenvalue weighted by Crippen LogP contribution is -2.08. The Bertz CT molecular complexity index is 1160. The number of esters is 1. The summed E-state index contributed by atoms with van der Waals surface area (Å²) in [7, 11) is 0. The van der Waals surface area contributed by atoms with Gasteiger partial charge in [-0.2, -0.15) is 0 Å². The van der Waals surface area contributed by atoms with Crippen molar-refractivity contribution >= 4 is 5.97 Å². The Hall–Kier alpha value is -2.91. The van der Waals surface area contributed by atoms with Crippen LogP contribution in [0.3, 0.4) is 0 Å². The highest BCUT2D eigenvalue weighted by molar-refractivity contribution is 5.91. The zero-order valence-electron chi connectivity index (χ0n) is 28.7. The molecule has 0 heterocycles. The monoisotopic (exact) mass is 612 g/mol. The van der Waals surface area contributed by atoms with Gasteiger partial charge in [-0.25, -0.2) is 4.79 Å². The number of hydrogen-bond donors (Lipinski definition) is 0. The van der Waals surface area contributed by atoms with Crippen molar-refractivity contribution in [3.8, 4) is 16.9 Å². The first-order chi connectivity index (χ1) is 22.1. The van der Waals surface area contributed by atoms with E-state index in [9.17, 15) is 4.79 Å². The van der Waals surface area contributed by atoms with Crippen LogP contribution in [0.15, 0.2) is 72.8 Å². The average Bonchev–Trinajstić information content (AvgIpc) is 3.07. The molecule has 3 aromatic carbocycles. The SMILES string of the molecule is CCCCCCCCCCCCCCCCCCOC(C)c1ccc(-c2ccc(OC(=O)c3ccc(CCC)cc3)cc2)cc1. The molecule has 3 nitrogen and oxygen atoms in total. The Morgan fingerprint density at radius 3 is 1.51 bits per heavy atom. The fourth-order valence-corrected chi connectivity index (χ4v) is 5.93. The largest absolute Gasteiger partial charge is 0.423 e. The summed E-state index contributed by atoms with van der Waals surface area (Å²) < 4.78 is 11.7. The normalized spacial score (nSPS) is 11.9. The van der Waals surface area contributed by atoms with Gasteiger partial charge >= 0.3 is 5.97 Å². The van der Waals surface area contributed by atoms with Crippen LogP contribution in [-0.4, -0.2) is 12.6 Å². The third-order valence-electron chi connectivity index (χ3n) is 8.87. The Morgan fingerprint density at radius 1 is 0.556 bits per heavy atom. The van der Waals surface area contributed by atoms with E-state index < -0.39 is 0 Å². The molecule has 0 saturated carbocycles. The molecule has 1 atom stereocenters. The topological polar surface area (TPSA) is 35.5 Å². The third-order valence-corrected chi connectivity index (χ3v) is 8.87. The fraction of sp³-hybridized carbons (Fsp3) is 0.548. The predicted octanol–water partition coefficient (Wildman–Crippen LogP) is 12.9. The van der Waals surface area contributed by atoms with Gasteiger partial charge in [-0.1, -0.05) is 165 Å². The molecule has 45 heavy (non-hydrogen) atoms. The molecule has 3 heteroatoms. The van der Waals surface area contributed by atoms with Gasteiger partial charge in [-0.05, 0) is 66.3 Å². The minimum absolute atomic E-state index is 0.0909. The molecule has 0 aliphatic carbocycles. The van der Waals surface area contributed by atoms with Crippen LogP contribution < -0.4 is 4.74 Å². The molecular formula is C42H60O3. The number of benzene rings is 3. The first kappa shape index (κ1) is 36.6. The third kappa shape index (κ3) is 14.8. The van der Waals surface area contributed by atoms with E-state index in [1.807, 2.05) is 48.5 Å². The van der Waals surface area contributed by atoms with Gasteiger partial charge in [-0.3, -0.25) is 0 Å². The lowest BCUT2D eigenvalue weighted by Gasteiger charge is -2.14. The molecule has 0 amide bonds. The maximum Gasteiger partial charge on any atom is 0.343 e. The highest BCUT2D eigenvalue weighted by Gasteiger charge is 2.10. The van der Waals surface area contributed by atoms with E-state index in [0.29, 0.717) is 11.3 Å². The second kappa shape index (κ2) is 22.6. The van der Waals surface area contributed by atoms with Gasteiger partial charge in [-0.15, -0.1) is 0 Å². The van der Waals surface area contributed by atoms with Crippen LogP contribution in [0.1, 0.15) is 158 Å². The Kier molecular flexibility index (Phi) is 18.3. The van der Waals surface area contributed by atoms with Crippen molar-refractivity contribution in [3.63, 3.8) is 0 Å². The lowest BCUT2D eigenvalue weighted by atomic mass is 10.0. The van der Waals surface area contributed by atoms with Gasteiger partial charge in [0.25, 0.3) is 0 Å². The quantitative estimate of drug-likeness (QED) is 0.0573. The van der Waals surface area contributed by atoms with Crippen LogP contribution in [0.25, 0.3) is 11.1 Å². The standard InChI is InChI=1S/C42H60O3/c1-4-6-7-8-9-10-11-12-13-14-15-16-17-18-19-20-34-44-35(3)37-26-28-38(29-27-37)39-30-32-41(33-31-39)45-42(43)40-24-22-36(21-5-2)23-25-40/h22-33,35H,4-21,34H2,1-3H3. The summed E-state index contributed by atoms with van der Waals surface area (Å²) >= 11 is 0. The van der Waals surface area contributed by atoms with Gasteiger partial charge in [0.05, 0.1) is 11.7 Å². The maximum absolute atomic E-state index is 12.5. The van der Waals surface area contributed by atoms with Crippen molar-refractivity contribution < 1.29 is 14.3 Å². The predicted molar refractivity (Wildman–Crippen MR) is 191 cm³/mol. The molecule has 0 aliphatic heterocycles. The Balaban J connectivity index is 1.24. The molecule has 246 valence electrons. The van der Waals surface area contributed by atoms with Crippen LogP contribution in [0, 0.1) is 0 Å². The summed E-state index contributed by atoms with van der Waals surface area (Å²) in [5.74, 6) is 0.220. The minimum Gasteiger partial charge on any atom is -0.423 e. The minimum atomic E-state index is -0.330. The van der Waals surface area contributed by atoms with Crippen LogP contribution in [0.4, 0.5) is 0 Å². The molecule has 0 saturated heterocycles. The first-order valence-corrected chi connectivity index (χ1v) is 18.2. The number of hydrogen-bond acceptors (Lipinski definition) is 3. The highest BCUT2D eigenvalue weighted by atomic mass is 16.5. The average molecular weight is 613 g/mol. The van der Waals surface area contributed by atoms with Crippen molar-refractivity contribution in [1.29, 1.82) is 0 Å².